The average molecular weight is 356 g/mol. The zero-order valence-electron chi connectivity index (χ0n) is 15.7. The van der Waals surface area contributed by atoms with Crippen LogP contribution in [0.1, 0.15) is 59.8 Å². The van der Waals surface area contributed by atoms with Gasteiger partial charge in [0.15, 0.2) is 8.32 Å². The molecule has 138 valence electrons. The van der Waals surface area contributed by atoms with E-state index < -0.39 is 13.7 Å². The van der Waals surface area contributed by atoms with E-state index in [0.717, 1.165) is 37.4 Å². The molecule has 2 rings (SSSR count). The van der Waals surface area contributed by atoms with E-state index >= 15 is 0 Å². The standard InChI is InChI=1S/C18H33NO4Si/c1-5-22-17(21)18(15-12-16(20)19-15)11-9-10-14(13-18)23-24(6-2,7-3)8-4/h14-15H,5-13H2,1-4H3,(H,19,20). The molecule has 5 nitrogen and oxygen atoms in total. The van der Waals surface area contributed by atoms with Crippen LogP contribution in [0.5, 0.6) is 0 Å². The van der Waals surface area contributed by atoms with Crippen LogP contribution in [0.15, 0.2) is 0 Å². The number of hydrogen-bond donors (Lipinski definition) is 1. The maximum Gasteiger partial charge on any atom is 0.314 e. The summed E-state index contributed by atoms with van der Waals surface area (Å²) in [6.07, 6.45) is 3.99. The van der Waals surface area contributed by atoms with Gasteiger partial charge in [-0.05, 0) is 50.7 Å². The van der Waals surface area contributed by atoms with Crippen LogP contribution in [0.4, 0.5) is 0 Å². The molecule has 2 aliphatic rings. The number of carbonyl (C=O) groups is 2. The minimum atomic E-state index is -1.70. The van der Waals surface area contributed by atoms with Crippen molar-refractivity contribution in [2.45, 2.75) is 90.1 Å². The lowest BCUT2D eigenvalue weighted by atomic mass is 9.65. The topological polar surface area (TPSA) is 64.6 Å². The molecule has 1 heterocycles. The molecule has 1 saturated carbocycles. The second-order valence-corrected chi connectivity index (χ2v) is 12.0. The smallest absolute Gasteiger partial charge is 0.314 e. The van der Waals surface area contributed by atoms with Crippen LogP contribution in [0.25, 0.3) is 0 Å². The van der Waals surface area contributed by atoms with E-state index in [-0.39, 0.29) is 24.0 Å². The van der Waals surface area contributed by atoms with Gasteiger partial charge in [0, 0.05) is 12.5 Å². The van der Waals surface area contributed by atoms with Gasteiger partial charge in [-0.1, -0.05) is 20.8 Å². The average Bonchev–Trinajstić information content (AvgIpc) is 2.57. The van der Waals surface area contributed by atoms with Crippen LogP contribution in [-0.4, -0.2) is 38.9 Å². The Morgan fingerprint density at radius 1 is 1.25 bits per heavy atom. The van der Waals surface area contributed by atoms with Crippen molar-refractivity contribution in [3.8, 4) is 0 Å². The summed E-state index contributed by atoms with van der Waals surface area (Å²) in [6.45, 7) is 8.90. The van der Waals surface area contributed by atoms with E-state index in [0.29, 0.717) is 19.4 Å². The fraction of sp³-hybridized carbons (Fsp3) is 0.889. The molecular weight excluding hydrogens is 322 g/mol. The van der Waals surface area contributed by atoms with Crippen molar-refractivity contribution in [1.29, 1.82) is 0 Å². The second-order valence-electron chi connectivity index (χ2n) is 7.28. The fourth-order valence-corrected chi connectivity index (χ4v) is 7.23. The highest BCUT2D eigenvalue weighted by molar-refractivity contribution is 6.73. The van der Waals surface area contributed by atoms with Crippen LogP contribution in [-0.2, 0) is 18.8 Å². The molecule has 2 fully saturated rings. The molecule has 0 radical (unpaired) electrons. The molecule has 3 atom stereocenters. The predicted molar refractivity (Wildman–Crippen MR) is 96.2 cm³/mol. The third-order valence-corrected chi connectivity index (χ3v) is 10.9. The van der Waals surface area contributed by atoms with Gasteiger partial charge < -0.3 is 14.5 Å². The zero-order chi connectivity index (χ0) is 17.8. The molecule has 1 aliphatic heterocycles. The monoisotopic (exact) mass is 355 g/mol. The second kappa shape index (κ2) is 8.00. The minimum absolute atomic E-state index is 0.0334. The molecule has 0 aromatic heterocycles. The summed E-state index contributed by atoms with van der Waals surface area (Å²) < 4.78 is 12.1. The van der Waals surface area contributed by atoms with Crippen molar-refractivity contribution >= 4 is 20.2 Å². The highest BCUT2D eigenvalue weighted by Gasteiger charge is 2.54. The predicted octanol–water partition coefficient (Wildman–Crippen LogP) is 3.39. The van der Waals surface area contributed by atoms with Crippen LogP contribution < -0.4 is 5.32 Å². The Hall–Kier alpha value is -0.883. The van der Waals surface area contributed by atoms with Gasteiger partial charge in [0.1, 0.15) is 0 Å². The molecule has 1 N–H and O–H groups in total. The molecule has 0 aromatic rings. The molecule has 0 spiro atoms. The molecule has 0 bridgehead atoms. The third kappa shape index (κ3) is 3.69. The lowest BCUT2D eigenvalue weighted by Gasteiger charge is -2.48. The summed E-state index contributed by atoms with van der Waals surface area (Å²) >= 11 is 0. The Bertz CT molecular complexity index is 450. The zero-order valence-corrected chi connectivity index (χ0v) is 16.7. The molecule has 0 aromatic carbocycles. The largest absolute Gasteiger partial charge is 0.466 e. The number of esters is 1. The highest BCUT2D eigenvalue weighted by atomic mass is 28.4. The molecule has 6 heteroatoms. The number of amides is 1. The lowest BCUT2D eigenvalue weighted by Crippen LogP contribution is -2.63. The van der Waals surface area contributed by atoms with Gasteiger partial charge in [0.2, 0.25) is 5.91 Å². The summed E-state index contributed by atoms with van der Waals surface area (Å²) in [6, 6.07) is 3.26. The summed E-state index contributed by atoms with van der Waals surface area (Å²) in [5.74, 6) is -0.119. The normalized spacial score (nSPS) is 30.4. The maximum atomic E-state index is 12.8. The highest BCUT2D eigenvalue weighted by Crippen LogP contribution is 2.45. The van der Waals surface area contributed by atoms with E-state index in [2.05, 4.69) is 26.1 Å². The van der Waals surface area contributed by atoms with E-state index in [1.54, 1.807) is 0 Å². The Morgan fingerprint density at radius 2 is 1.88 bits per heavy atom. The first-order valence-corrected chi connectivity index (χ1v) is 12.1. The summed E-state index contributed by atoms with van der Waals surface area (Å²) in [5.41, 5.74) is -0.595. The van der Waals surface area contributed by atoms with Crippen molar-refractivity contribution in [1.82, 2.24) is 5.32 Å². The molecule has 1 amide bonds. The number of hydrogen-bond acceptors (Lipinski definition) is 4. The van der Waals surface area contributed by atoms with Gasteiger partial charge in [-0.25, -0.2) is 0 Å². The fourth-order valence-electron chi connectivity index (χ4n) is 4.32. The van der Waals surface area contributed by atoms with E-state index in [1.165, 1.54) is 0 Å². The number of β-lactam (4-membered cyclic amide) rings is 1. The van der Waals surface area contributed by atoms with Crippen molar-refractivity contribution in [3.05, 3.63) is 0 Å². The molecular formula is C18H33NO4Si. The molecule has 3 unspecified atom stereocenters. The van der Waals surface area contributed by atoms with Gasteiger partial charge >= 0.3 is 5.97 Å². The first-order chi connectivity index (χ1) is 11.4. The van der Waals surface area contributed by atoms with Crippen molar-refractivity contribution in [2.24, 2.45) is 5.41 Å². The number of ether oxygens (including phenoxy) is 1. The Balaban J connectivity index is 2.17. The van der Waals surface area contributed by atoms with Crippen LogP contribution in [0.3, 0.4) is 0 Å². The van der Waals surface area contributed by atoms with Crippen molar-refractivity contribution in [3.63, 3.8) is 0 Å². The molecule has 24 heavy (non-hydrogen) atoms. The van der Waals surface area contributed by atoms with E-state index in [4.69, 9.17) is 9.16 Å². The van der Waals surface area contributed by atoms with Gasteiger partial charge in [0.25, 0.3) is 0 Å². The van der Waals surface area contributed by atoms with Crippen molar-refractivity contribution < 1.29 is 18.8 Å². The third-order valence-electron chi connectivity index (χ3n) is 6.16. The van der Waals surface area contributed by atoms with Gasteiger partial charge in [-0.3, -0.25) is 9.59 Å². The Labute approximate surface area is 147 Å². The lowest BCUT2D eigenvalue weighted by molar-refractivity contribution is -0.166. The van der Waals surface area contributed by atoms with Crippen LogP contribution >= 0.6 is 0 Å². The quantitative estimate of drug-likeness (QED) is 0.412. The van der Waals surface area contributed by atoms with E-state index in [1.807, 2.05) is 6.92 Å². The first-order valence-electron chi connectivity index (χ1n) is 9.59. The number of rotatable bonds is 8. The summed E-state index contributed by atoms with van der Waals surface area (Å²) in [4.78, 5) is 24.2. The van der Waals surface area contributed by atoms with Crippen LogP contribution in [0.2, 0.25) is 18.1 Å². The number of carbonyl (C=O) groups excluding carboxylic acids is 2. The Morgan fingerprint density at radius 3 is 2.38 bits per heavy atom. The van der Waals surface area contributed by atoms with Crippen molar-refractivity contribution in [2.75, 3.05) is 6.61 Å². The maximum absolute atomic E-state index is 12.8. The molecule has 1 saturated heterocycles. The van der Waals surface area contributed by atoms with Crippen LogP contribution in [0, 0.1) is 5.41 Å². The minimum Gasteiger partial charge on any atom is -0.466 e. The summed E-state index contributed by atoms with van der Waals surface area (Å²) in [5, 5.41) is 2.93. The first kappa shape index (κ1) is 19.4. The van der Waals surface area contributed by atoms with Gasteiger partial charge in [-0.2, -0.15) is 0 Å². The van der Waals surface area contributed by atoms with Gasteiger partial charge in [-0.15, -0.1) is 0 Å². The molecule has 1 aliphatic carbocycles. The summed E-state index contributed by atoms with van der Waals surface area (Å²) in [7, 11) is -1.70. The Kier molecular flexibility index (Phi) is 6.48. The number of nitrogens with one attached hydrogen (secondary N) is 1. The van der Waals surface area contributed by atoms with Gasteiger partial charge in [0.05, 0.1) is 18.1 Å². The SMILES string of the molecule is CCOC(=O)C1(C2CC(=O)N2)CCCC(O[Si](CC)(CC)CC)C1. The van der Waals surface area contributed by atoms with E-state index in [9.17, 15) is 9.59 Å².